The Morgan fingerprint density at radius 2 is 1.96 bits per heavy atom. The predicted molar refractivity (Wildman–Crippen MR) is 99.0 cm³/mol. The Hall–Kier alpha value is -2.45. The summed E-state index contributed by atoms with van der Waals surface area (Å²) in [6.07, 6.45) is 2.37. The number of hydrogen-bond acceptors (Lipinski definition) is 8. The lowest BCUT2D eigenvalue weighted by atomic mass is 10.1. The molecule has 1 aromatic carbocycles. The van der Waals surface area contributed by atoms with Gasteiger partial charge in [-0.2, -0.15) is 4.98 Å². The summed E-state index contributed by atoms with van der Waals surface area (Å²) in [7, 11) is 1.83. The van der Waals surface area contributed by atoms with Gasteiger partial charge in [0.15, 0.2) is 5.82 Å². The molecule has 8 nitrogen and oxygen atoms in total. The van der Waals surface area contributed by atoms with Crippen LogP contribution in [0.4, 0.5) is 6.01 Å². The molecule has 0 unspecified atom stereocenters. The van der Waals surface area contributed by atoms with Crippen LogP contribution >= 0.6 is 12.4 Å². The quantitative estimate of drug-likeness (QED) is 0.637. The summed E-state index contributed by atoms with van der Waals surface area (Å²) in [4.78, 5) is 6.10. The average molecular weight is 379 g/mol. The minimum atomic E-state index is -0.349. The van der Waals surface area contributed by atoms with E-state index in [1.807, 2.05) is 37.4 Å². The number of rotatable bonds is 8. The van der Waals surface area contributed by atoms with E-state index < -0.39 is 0 Å². The summed E-state index contributed by atoms with van der Waals surface area (Å²) >= 11 is 0. The Balaban J connectivity index is 0.00000243. The minimum absolute atomic E-state index is 0. The van der Waals surface area contributed by atoms with Crippen molar-refractivity contribution < 1.29 is 8.94 Å². The first kappa shape index (κ1) is 19.9. The summed E-state index contributed by atoms with van der Waals surface area (Å²) in [6.45, 7) is 2.48. The summed E-state index contributed by atoms with van der Waals surface area (Å²) in [5.41, 5.74) is 7.30. The third-order valence-corrected chi connectivity index (χ3v) is 3.72. The van der Waals surface area contributed by atoms with Gasteiger partial charge in [0.25, 0.3) is 0 Å². The zero-order chi connectivity index (χ0) is 17.6. The van der Waals surface area contributed by atoms with Crippen LogP contribution in [-0.4, -0.2) is 27.4 Å². The number of nitrogens with two attached hydrogens (primary N) is 1. The van der Waals surface area contributed by atoms with Crippen LogP contribution in [0.2, 0.25) is 0 Å². The van der Waals surface area contributed by atoms with Crippen molar-refractivity contribution in [1.29, 1.82) is 0 Å². The second kappa shape index (κ2) is 9.30. The van der Waals surface area contributed by atoms with E-state index >= 15 is 0 Å². The average Bonchev–Trinajstić information content (AvgIpc) is 3.26. The van der Waals surface area contributed by atoms with Gasteiger partial charge in [0.05, 0.1) is 12.6 Å². The fourth-order valence-corrected chi connectivity index (χ4v) is 2.44. The molecule has 0 radical (unpaired) electrons. The number of anilines is 1. The third kappa shape index (κ3) is 5.03. The van der Waals surface area contributed by atoms with Gasteiger partial charge in [-0.3, -0.25) is 0 Å². The Kier molecular flexibility index (Phi) is 7.11. The summed E-state index contributed by atoms with van der Waals surface area (Å²) in [6, 6.07) is 10.00. The van der Waals surface area contributed by atoms with E-state index in [1.54, 1.807) is 4.90 Å². The van der Waals surface area contributed by atoms with Crippen molar-refractivity contribution in [3.8, 4) is 0 Å². The zero-order valence-corrected chi connectivity index (χ0v) is 15.6. The van der Waals surface area contributed by atoms with E-state index in [-0.39, 0.29) is 18.4 Å². The molecule has 0 bridgehead atoms. The molecule has 1 atom stereocenters. The van der Waals surface area contributed by atoms with Crippen LogP contribution in [0.25, 0.3) is 0 Å². The van der Waals surface area contributed by atoms with Gasteiger partial charge in [0.1, 0.15) is 0 Å². The summed E-state index contributed by atoms with van der Waals surface area (Å²) in [5.74, 6) is 1.63. The number of nitrogens with zero attached hydrogens (tertiary/aromatic N) is 5. The van der Waals surface area contributed by atoms with E-state index in [0.29, 0.717) is 36.6 Å². The number of hydrogen-bond donors (Lipinski definition) is 1. The van der Waals surface area contributed by atoms with Crippen LogP contribution in [0.3, 0.4) is 0 Å². The molecule has 0 saturated heterocycles. The van der Waals surface area contributed by atoms with Crippen molar-refractivity contribution in [3.63, 3.8) is 0 Å². The van der Waals surface area contributed by atoms with E-state index in [1.165, 1.54) is 0 Å². The van der Waals surface area contributed by atoms with Crippen molar-refractivity contribution in [1.82, 2.24) is 20.3 Å². The normalized spacial score (nSPS) is 11.8. The van der Waals surface area contributed by atoms with Gasteiger partial charge in [-0.05, 0) is 18.4 Å². The molecule has 26 heavy (non-hydrogen) atoms. The molecule has 0 saturated carbocycles. The van der Waals surface area contributed by atoms with Crippen molar-refractivity contribution in [2.75, 3.05) is 11.9 Å². The topological polar surface area (TPSA) is 107 Å². The van der Waals surface area contributed by atoms with Gasteiger partial charge in [-0.25, -0.2) is 0 Å². The Morgan fingerprint density at radius 1 is 1.19 bits per heavy atom. The van der Waals surface area contributed by atoms with Gasteiger partial charge < -0.3 is 19.6 Å². The molecule has 0 aliphatic rings. The molecular weight excluding hydrogens is 356 g/mol. The lowest BCUT2D eigenvalue weighted by molar-refractivity contribution is 0.371. The van der Waals surface area contributed by atoms with E-state index in [4.69, 9.17) is 14.7 Å². The number of aryl methyl sites for hydroxylation is 1. The fourth-order valence-electron chi connectivity index (χ4n) is 2.44. The first-order valence-electron chi connectivity index (χ1n) is 8.31. The monoisotopic (exact) mass is 378 g/mol. The largest absolute Gasteiger partial charge is 0.406 e. The highest BCUT2D eigenvalue weighted by atomic mass is 35.5. The Bertz CT molecular complexity index is 791. The molecule has 2 aromatic heterocycles. The van der Waals surface area contributed by atoms with Crippen LogP contribution in [0.15, 0.2) is 39.3 Å². The number of benzene rings is 1. The standard InChI is InChI=1S/C17H22N6O2.ClH/c1-3-7-15-19-14(22-25-15)11-23(2)17-21-20-16(24-17)13(18)10-12-8-5-4-6-9-12;/h4-6,8-9,13H,3,7,10-11,18H2,1-2H3;1H/t13-;/m1./s1. The SMILES string of the molecule is CCCc1nc(CN(C)c2nnc([C@H](N)Cc3ccccc3)o2)no1.Cl. The minimum Gasteiger partial charge on any atom is -0.406 e. The van der Waals surface area contributed by atoms with Gasteiger partial charge in [0.2, 0.25) is 11.8 Å². The molecule has 2 N–H and O–H groups in total. The fraction of sp³-hybridized carbons (Fsp3) is 0.412. The van der Waals surface area contributed by atoms with E-state index in [9.17, 15) is 0 Å². The van der Waals surface area contributed by atoms with Crippen molar-refractivity contribution in [2.45, 2.75) is 38.8 Å². The van der Waals surface area contributed by atoms with Crippen LogP contribution in [-0.2, 0) is 19.4 Å². The molecule has 9 heteroatoms. The molecule has 3 rings (SSSR count). The lowest BCUT2D eigenvalue weighted by Gasteiger charge is -2.11. The molecule has 0 spiro atoms. The van der Waals surface area contributed by atoms with Crippen molar-refractivity contribution >= 4 is 18.4 Å². The first-order valence-corrected chi connectivity index (χ1v) is 8.31. The van der Waals surface area contributed by atoms with E-state index in [0.717, 1.165) is 18.4 Å². The molecule has 0 aliphatic heterocycles. The van der Waals surface area contributed by atoms with Crippen LogP contribution in [0, 0.1) is 0 Å². The maximum Gasteiger partial charge on any atom is 0.318 e. The van der Waals surface area contributed by atoms with Gasteiger partial charge in [-0.1, -0.05) is 47.5 Å². The molecule has 3 aromatic rings. The Labute approximate surface area is 158 Å². The number of aromatic nitrogens is 4. The lowest BCUT2D eigenvalue weighted by Crippen LogP contribution is -2.17. The van der Waals surface area contributed by atoms with E-state index in [2.05, 4.69) is 27.3 Å². The van der Waals surface area contributed by atoms with Gasteiger partial charge >= 0.3 is 6.01 Å². The Morgan fingerprint density at radius 3 is 2.69 bits per heavy atom. The molecule has 2 heterocycles. The molecular formula is C17H23ClN6O2. The van der Waals surface area contributed by atoms with Crippen LogP contribution < -0.4 is 10.6 Å². The first-order chi connectivity index (χ1) is 12.2. The zero-order valence-electron chi connectivity index (χ0n) is 14.8. The van der Waals surface area contributed by atoms with Crippen LogP contribution in [0.5, 0.6) is 0 Å². The van der Waals surface area contributed by atoms with Crippen LogP contribution in [0.1, 0.15) is 42.6 Å². The molecule has 140 valence electrons. The van der Waals surface area contributed by atoms with Gasteiger partial charge in [-0.15, -0.1) is 17.5 Å². The molecule has 0 aliphatic carbocycles. The van der Waals surface area contributed by atoms with Crippen molar-refractivity contribution in [3.05, 3.63) is 53.5 Å². The second-order valence-corrected chi connectivity index (χ2v) is 5.93. The maximum atomic E-state index is 6.18. The second-order valence-electron chi connectivity index (χ2n) is 5.93. The summed E-state index contributed by atoms with van der Waals surface area (Å²) < 4.78 is 10.9. The number of halogens is 1. The molecule has 0 amide bonds. The predicted octanol–water partition coefficient (Wildman–Crippen LogP) is 2.71. The van der Waals surface area contributed by atoms with Gasteiger partial charge in [0, 0.05) is 13.5 Å². The maximum absolute atomic E-state index is 6.18. The molecule has 0 fully saturated rings. The highest BCUT2D eigenvalue weighted by Crippen LogP contribution is 2.19. The highest BCUT2D eigenvalue weighted by molar-refractivity contribution is 5.85. The van der Waals surface area contributed by atoms with Crippen molar-refractivity contribution in [2.24, 2.45) is 5.73 Å². The third-order valence-electron chi connectivity index (χ3n) is 3.72. The highest BCUT2D eigenvalue weighted by Gasteiger charge is 2.18. The summed E-state index contributed by atoms with van der Waals surface area (Å²) in [5, 5.41) is 12.1. The smallest absolute Gasteiger partial charge is 0.318 e.